The van der Waals surface area contributed by atoms with Crippen LogP contribution in [0.1, 0.15) is 31.6 Å². The van der Waals surface area contributed by atoms with Crippen molar-refractivity contribution in [1.82, 2.24) is 10.1 Å². The number of hydrogen-bond acceptors (Lipinski definition) is 7. The van der Waals surface area contributed by atoms with Crippen LogP contribution in [0.5, 0.6) is 0 Å². The van der Waals surface area contributed by atoms with Crippen LogP contribution in [0.15, 0.2) is 82.2 Å². The molecule has 1 aliphatic carbocycles. The second-order valence-corrected chi connectivity index (χ2v) is 10.4. The molecule has 1 heterocycles. The second-order valence-electron chi connectivity index (χ2n) is 8.90. The minimum atomic E-state index is -3.97. The molecule has 198 valence electrons. The molecular formula is C27H29N5O5S. The molecule has 0 spiro atoms. The third-order valence-electron chi connectivity index (χ3n) is 6.00. The first-order chi connectivity index (χ1) is 18.2. The van der Waals surface area contributed by atoms with Crippen LogP contribution in [0.2, 0.25) is 0 Å². The molecule has 1 aromatic heterocycles. The van der Waals surface area contributed by atoms with Gasteiger partial charge in [0.1, 0.15) is 0 Å². The molecule has 3 aromatic carbocycles. The highest BCUT2D eigenvalue weighted by molar-refractivity contribution is 7.89. The number of anilines is 2. The van der Waals surface area contributed by atoms with Crippen molar-refractivity contribution in [2.24, 2.45) is 5.14 Å². The van der Waals surface area contributed by atoms with Gasteiger partial charge in [0.2, 0.25) is 21.7 Å². The van der Waals surface area contributed by atoms with Gasteiger partial charge < -0.3 is 14.9 Å². The number of rotatable bonds is 6. The molecule has 1 amide bonds. The van der Waals surface area contributed by atoms with Crippen LogP contribution in [0.3, 0.4) is 0 Å². The van der Waals surface area contributed by atoms with Crippen molar-refractivity contribution >= 4 is 27.5 Å². The zero-order valence-electron chi connectivity index (χ0n) is 20.8. The molecule has 0 aliphatic heterocycles. The van der Waals surface area contributed by atoms with Crippen molar-refractivity contribution in [2.45, 2.75) is 43.5 Å². The van der Waals surface area contributed by atoms with Gasteiger partial charge in [0.15, 0.2) is 0 Å². The van der Waals surface area contributed by atoms with Crippen LogP contribution < -0.4 is 15.8 Å². The molecule has 0 unspecified atom stereocenters. The van der Waals surface area contributed by atoms with Crippen molar-refractivity contribution < 1.29 is 22.8 Å². The molecule has 1 saturated carbocycles. The van der Waals surface area contributed by atoms with Gasteiger partial charge in [-0.3, -0.25) is 5.32 Å². The van der Waals surface area contributed by atoms with Crippen LogP contribution in [0.4, 0.5) is 16.2 Å². The Bertz CT molecular complexity index is 1500. The van der Waals surface area contributed by atoms with Crippen LogP contribution in [-0.2, 0) is 10.0 Å². The Labute approximate surface area is 220 Å². The lowest BCUT2D eigenvalue weighted by atomic mass is 10.1. The number of carboxylic acid groups (broad SMARTS) is 1. The van der Waals surface area contributed by atoms with E-state index < -0.39 is 16.1 Å². The standard InChI is InChI=1S/C14H17N3O.C13H12N2O4S/c1-10-15-14(17-18-10)11-5-4-8-13(9-11)16-12-6-2-3-7-12;14-20(18,19)12-8-10(15-13(16)17)6-7-11(12)9-4-2-1-3-5-9/h4-5,8-9,12,16H,2-3,6-7H2,1H3;1-8,15H,(H,16,17)(H2,14,18,19). The Morgan fingerprint density at radius 2 is 1.68 bits per heavy atom. The fourth-order valence-electron chi connectivity index (χ4n) is 4.29. The van der Waals surface area contributed by atoms with Crippen LogP contribution in [-0.4, -0.2) is 35.8 Å². The summed E-state index contributed by atoms with van der Waals surface area (Å²) in [6.45, 7) is 1.80. The summed E-state index contributed by atoms with van der Waals surface area (Å²) < 4.78 is 28.3. The van der Waals surface area contributed by atoms with E-state index in [2.05, 4.69) is 32.9 Å². The maximum absolute atomic E-state index is 11.7. The largest absolute Gasteiger partial charge is 0.465 e. The number of aromatic nitrogens is 2. The lowest BCUT2D eigenvalue weighted by Crippen LogP contribution is -2.15. The first-order valence-electron chi connectivity index (χ1n) is 12.1. The quantitative estimate of drug-likeness (QED) is 0.252. The van der Waals surface area contributed by atoms with Gasteiger partial charge in [0, 0.05) is 35.5 Å². The molecule has 4 aromatic rings. The van der Waals surface area contributed by atoms with Crippen LogP contribution in [0, 0.1) is 6.92 Å². The van der Waals surface area contributed by atoms with Crippen LogP contribution >= 0.6 is 0 Å². The van der Waals surface area contributed by atoms with E-state index in [1.807, 2.05) is 12.1 Å². The number of primary sulfonamides is 1. The number of benzene rings is 3. The van der Waals surface area contributed by atoms with E-state index in [0.717, 1.165) is 11.3 Å². The third kappa shape index (κ3) is 7.17. The highest BCUT2D eigenvalue weighted by Crippen LogP contribution is 2.29. The molecule has 11 heteroatoms. The molecule has 0 saturated heterocycles. The zero-order valence-corrected chi connectivity index (χ0v) is 21.6. The average molecular weight is 536 g/mol. The van der Waals surface area contributed by atoms with E-state index in [0.29, 0.717) is 28.9 Å². The maximum atomic E-state index is 11.7. The van der Waals surface area contributed by atoms with E-state index in [1.54, 1.807) is 37.3 Å². The van der Waals surface area contributed by atoms with E-state index in [1.165, 1.54) is 43.9 Å². The predicted molar refractivity (Wildman–Crippen MR) is 145 cm³/mol. The van der Waals surface area contributed by atoms with E-state index in [-0.39, 0.29) is 10.6 Å². The highest BCUT2D eigenvalue weighted by atomic mass is 32.2. The fourth-order valence-corrected chi connectivity index (χ4v) is 5.07. The van der Waals surface area contributed by atoms with Gasteiger partial charge in [0.05, 0.1) is 4.90 Å². The van der Waals surface area contributed by atoms with Gasteiger partial charge in [-0.2, -0.15) is 4.98 Å². The van der Waals surface area contributed by atoms with Gasteiger partial charge in [-0.25, -0.2) is 18.4 Å². The summed E-state index contributed by atoms with van der Waals surface area (Å²) in [4.78, 5) is 14.7. The van der Waals surface area contributed by atoms with Crippen molar-refractivity contribution in [3.05, 3.63) is 78.7 Å². The monoisotopic (exact) mass is 535 g/mol. The molecule has 38 heavy (non-hydrogen) atoms. The summed E-state index contributed by atoms with van der Waals surface area (Å²) in [7, 11) is -3.97. The van der Waals surface area contributed by atoms with E-state index in [4.69, 9.17) is 14.8 Å². The van der Waals surface area contributed by atoms with Gasteiger partial charge in [-0.1, -0.05) is 66.5 Å². The third-order valence-corrected chi connectivity index (χ3v) is 6.95. The maximum Gasteiger partial charge on any atom is 0.409 e. The number of carbonyl (C=O) groups is 1. The van der Waals surface area contributed by atoms with Gasteiger partial charge >= 0.3 is 6.09 Å². The first-order valence-corrected chi connectivity index (χ1v) is 13.6. The summed E-state index contributed by atoms with van der Waals surface area (Å²) in [5.41, 5.74) is 3.38. The summed E-state index contributed by atoms with van der Waals surface area (Å²) in [6.07, 6.45) is 3.93. The Morgan fingerprint density at radius 3 is 2.32 bits per heavy atom. The molecule has 10 nitrogen and oxygen atoms in total. The van der Waals surface area contributed by atoms with Crippen molar-refractivity contribution in [1.29, 1.82) is 0 Å². The molecule has 5 rings (SSSR count). The molecular weight excluding hydrogens is 506 g/mol. The summed E-state index contributed by atoms with van der Waals surface area (Å²) in [5, 5.41) is 23.5. The minimum absolute atomic E-state index is 0.130. The fraction of sp³-hybridized carbons (Fsp3) is 0.222. The average Bonchev–Trinajstić information content (AvgIpc) is 3.56. The van der Waals surface area contributed by atoms with Gasteiger partial charge in [-0.15, -0.1) is 0 Å². The number of sulfonamides is 1. The number of aryl methyl sites for hydroxylation is 1. The summed E-state index contributed by atoms with van der Waals surface area (Å²) in [5.74, 6) is 1.25. The summed E-state index contributed by atoms with van der Waals surface area (Å²) in [6, 6.07) is 21.9. The Balaban J connectivity index is 0.000000178. The van der Waals surface area contributed by atoms with Gasteiger partial charge in [-0.05, 0) is 42.7 Å². The summed E-state index contributed by atoms with van der Waals surface area (Å²) >= 11 is 0. The molecule has 0 radical (unpaired) electrons. The van der Waals surface area contributed by atoms with Gasteiger partial charge in [0.25, 0.3) is 0 Å². The number of amides is 1. The number of nitrogens with two attached hydrogens (primary N) is 1. The lowest BCUT2D eigenvalue weighted by Gasteiger charge is -2.13. The Hall–Kier alpha value is -4.22. The minimum Gasteiger partial charge on any atom is -0.465 e. The zero-order chi connectivity index (χ0) is 27.1. The van der Waals surface area contributed by atoms with Crippen molar-refractivity contribution in [3.8, 4) is 22.5 Å². The molecule has 5 N–H and O–H groups in total. The number of nitrogens with one attached hydrogen (secondary N) is 2. The topological polar surface area (TPSA) is 160 Å². The van der Waals surface area contributed by atoms with Crippen molar-refractivity contribution in [2.75, 3.05) is 10.6 Å². The SMILES string of the molecule is Cc1nc(-c2cccc(NC3CCCC3)c2)no1.NS(=O)(=O)c1cc(NC(=O)O)ccc1-c1ccccc1. The predicted octanol–water partition coefficient (Wildman–Crippen LogP) is 5.49. The lowest BCUT2D eigenvalue weighted by molar-refractivity contribution is 0.209. The van der Waals surface area contributed by atoms with E-state index >= 15 is 0 Å². The highest BCUT2D eigenvalue weighted by Gasteiger charge is 2.17. The first kappa shape index (κ1) is 26.8. The molecule has 0 atom stereocenters. The number of hydrogen-bond donors (Lipinski definition) is 4. The van der Waals surface area contributed by atoms with Crippen molar-refractivity contribution in [3.63, 3.8) is 0 Å². The second kappa shape index (κ2) is 11.9. The Kier molecular flexibility index (Phi) is 8.39. The molecule has 1 aliphatic rings. The molecule has 0 bridgehead atoms. The molecule has 1 fully saturated rings. The smallest absolute Gasteiger partial charge is 0.409 e. The van der Waals surface area contributed by atoms with E-state index in [9.17, 15) is 13.2 Å². The number of nitrogens with zero attached hydrogens (tertiary/aromatic N) is 2. The van der Waals surface area contributed by atoms with Crippen LogP contribution in [0.25, 0.3) is 22.5 Å². The normalized spacial score (nSPS) is 13.4. The Morgan fingerprint density at radius 1 is 0.974 bits per heavy atom.